The zero-order chi connectivity index (χ0) is 18.1. The summed E-state index contributed by atoms with van der Waals surface area (Å²) < 4.78 is 0. The van der Waals surface area contributed by atoms with E-state index in [9.17, 15) is 4.79 Å². The lowest BCUT2D eigenvalue weighted by molar-refractivity contribution is 0.0827. The van der Waals surface area contributed by atoms with Crippen LogP contribution in [0.5, 0.6) is 0 Å². The molecule has 26 heavy (non-hydrogen) atoms. The van der Waals surface area contributed by atoms with Gasteiger partial charge in [-0.1, -0.05) is 18.2 Å². The summed E-state index contributed by atoms with van der Waals surface area (Å²) in [7, 11) is 3.56. The fourth-order valence-corrected chi connectivity index (χ4v) is 3.81. The molecule has 1 aromatic heterocycles. The van der Waals surface area contributed by atoms with E-state index in [1.807, 2.05) is 18.2 Å². The molecule has 1 aliphatic rings. The molecule has 0 saturated carbocycles. The Balaban J connectivity index is 1.68. The normalized spacial score (nSPS) is 16.9. The summed E-state index contributed by atoms with van der Waals surface area (Å²) in [5.74, 6) is 0.0302. The summed E-state index contributed by atoms with van der Waals surface area (Å²) in [4.78, 5) is 17.3. The number of aromatic nitrogens is 1. The second kappa shape index (κ2) is 6.96. The van der Waals surface area contributed by atoms with Gasteiger partial charge in [0, 0.05) is 42.8 Å². The topological polar surface area (TPSA) is 48.1 Å². The third kappa shape index (κ3) is 3.25. The minimum Gasteiger partial charge on any atom is -0.361 e. The van der Waals surface area contributed by atoms with Gasteiger partial charge in [-0.15, -0.1) is 0 Å². The number of nitrogens with one attached hydrogen (secondary N) is 2. The van der Waals surface area contributed by atoms with Crippen molar-refractivity contribution in [3.8, 4) is 11.1 Å². The molecular weight excluding hydrogens is 322 g/mol. The van der Waals surface area contributed by atoms with Gasteiger partial charge in [-0.3, -0.25) is 4.79 Å². The summed E-state index contributed by atoms with van der Waals surface area (Å²) in [6.45, 7) is 1.13. The van der Waals surface area contributed by atoms with Crippen LogP contribution in [0, 0.1) is 0 Å². The molecule has 134 valence electrons. The highest BCUT2D eigenvalue weighted by molar-refractivity contribution is 5.95. The van der Waals surface area contributed by atoms with E-state index in [1.165, 1.54) is 29.3 Å². The van der Waals surface area contributed by atoms with Crippen molar-refractivity contribution < 1.29 is 4.79 Å². The number of fused-ring (bicyclic) bond motifs is 1. The summed E-state index contributed by atoms with van der Waals surface area (Å²) >= 11 is 0. The minimum atomic E-state index is 0.0302. The first-order valence-electron chi connectivity index (χ1n) is 9.27. The van der Waals surface area contributed by atoms with E-state index >= 15 is 0 Å². The Bertz CT molecular complexity index is 935. The Kier molecular flexibility index (Phi) is 4.51. The maximum Gasteiger partial charge on any atom is 0.253 e. The van der Waals surface area contributed by atoms with Crippen LogP contribution in [-0.4, -0.2) is 42.5 Å². The number of amides is 1. The van der Waals surface area contributed by atoms with Crippen LogP contribution in [0.4, 0.5) is 0 Å². The molecule has 1 aliphatic heterocycles. The second-order valence-electron chi connectivity index (χ2n) is 7.35. The molecule has 0 bridgehead atoms. The molecule has 1 saturated heterocycles. The van der Waals surface area contributed by atoms with Gasteiger partial charge >= 0.3 is 0 Å². The maximum atomic E-state index is 12.3. The van der Waals surface area contributed by atoms with E-state index in [-0.39, 0.29) is 5.91 Å². The lowest BCUT2D eigenvalue weighted by atomic mass is 9.98. The molecule has 4 heteroatoms. The number of aromatic amines is 1. The van der Waals surface area contributed by atoms with E-state index in [1.54, 1.807) is 19.0 Å². The summed E-state index contributed by atoms with van der Waals surface area (Å²) in [6, 6.07) is 15.0. The predicted molar refractivity (Wildman–Crippen MR) is 106 cm³/mol. The van der Waals surface area contributed by atoms with Crippen molar-refractivity contribution in [3.63, 3.8) is 0 Å². The van der Waals surface area contributed by atoms with E-state index in [2.05, 4.69) is 40.8 Å². The first-order valence-corrected chi connectivity index (χ1v) is 9.27. The molecule has 2 N–H and O–H groups in total. The van der Waals surface area contributed by atoms with Gasteiger partial charge in [-0.25, -0.2) is 0 Å². The average Bonchev–Trinajstić information content (AvgIpc) is 3.31. The first kappa shape index (κ1) is 16.9. The van der Waals surface area contributed by atoms with Crippen molar-refractivity contribution >= 4 is 16.8 Å². The smallest absolute Gasteiger partial charge is 0.253 e. The van der Waals surface area contributed by atoms with Gasteiger partial charge in [0.1, 0.15) is 0 Å². The second-order valence-corrected chi connectivity index (χ2v) is 7.35. The highest BCUT2D eigenvalue weighted by Gasteiger charge is 2.17. The van der Waals surface area contributed by atoms with Gasteiger partial charge in [0.25, 0.3) is 5.91 Å². The fraction of sp³-hybridized carbons (Fsp3) is 0.318. The van der Waals surface area contributed by atoms with Crippen molar-refractivity contribution in [2.24, 2.45) is 0 Å². The van der Waals surface area contributed by atoms with Crippen LogP contribution >= 0.6 is 0 Å². The molecule has 0 spiro atoms. The quantitative estimate of drug-likeness (QED) is 0.753. The van der Waals surface area contributed by atoms with Crippen LogP contribution in [0.3, 0.4) is 0 Å². The number of hydrogen-bond acceptors (Lipinski definition) is 2. The van der Waals surface area contributed by atoms with Crippen LogP contribution in [0.15, 0.2) is 48.7 Å². The number of carbonyl (C=O) groups is 1. The molecule has 1 fully saturated rings. The molecule has 1 atom stereocenters. The highest BCUT2D eigenvalue weighted by atomic mass is 16.2. The molecule has 4 nitrogen and oxygen atoms in total. The molecule has 0 aliphatic carbocycles. The molecule has 3 aromatic rings. The van der Waals surface area contributed by atoms with Gasteiger partial charge in [0.2, 0.25) is 0 Å². The van der Waals surface area contributed by atoms with Crippen LogP contribution in [-0.2, 0) is 6.42 Å². The molecule has 0 radical (unpaired) electrons. The van der Waals surface area contributed by atoms with Crippen LogP contribution < -0.4 is 5.32 Å². The Morgan fingerprint density at radius 2 is 2.00 bits per heavy atom. The largest absolute Gasteiger partial charge is 0.361 e. The van der Waals surface area contributed by atoms with Crippen LogP contribution in [0.1, 0.15) is 28.8 Å². The third-order valence-electron chi connectivity index (χ3n) is 5.25. The van der Waals surface area contributed by atoms with E-state index in [0.717, 1.165) is 29.7 Å². The molecular formula is C22H25N3O. The third-order valence-corrected chi connectivity index (χ3v) is 5.25. The highest BCUT2D eigenvalue weighted by Crippen LogP contribution is 2.28. The molecule has 2 aromatic carbocycles. The lowest BCUT2D eigenvalue weighted by Crippen LogP contribution is -2.23. The maximum absolute atomic E-state index is 12.3. The van der Waals surface area contributed by atoms with E-state index in [4.69, 9.17) is 0 Å². The Morgan fingerprint density at radius 1 is 1.15 bits per heavy atom. The standard InChI is InChI=1S/C22H25N3O/c1-25(2)22(26)17-6-3-5-15(11-17)16-8-9-21-20(13-16)18(14-24-21)12-19-7-4-10-23-19/h3,5-6,8-9,11,13-14,19,23-24H,4,7,10,12H2,1-2H3/t19-/m1/s1. The zero-order valence-electron chi connectivity index (χ0n) is 15.4. The van der Waals surface area contributed by atoms with Gasteiger partial charge in [0.05, 0.1) is 0 Å². The molecule has 2 heterocycles. The van der Waals surface area contributed by atoms with Gasteiger partial charge in [0.15, 0.2) is 0 Å². The zero-order valence-corrected chi connectivity index (χ0v) is 15.4. The minimum absolute atomic E-state index is 0.0302. The first-order chi connectivity index (χ1) is 12.6. The number of hydrogen-bond donors (Lipinski definition) is 2. The van der Waals surface area contributed by atoms with E-state index in [0.29, 0.717) is 6.04 Å². The Hall–Kier alpha value is -2.59. The van der Waals surface area contributed by atoms with Crippen molar-refractivity contribution in [1.82, 2.24) is 15.2 Å². The number of benzene rings is 2. The monoisotopic (exact) mass is 347 g/mol. The van der Waals surface area contributed by atoms with Crippen molar-refractivity contribution in [1.29, 1.82) is 0 Å². The fourth-order valence-electron chi connectivity index (χ4n) is 3.81. The summed E-state index contributed by atoms with van der Waals surface area (Å²) in [5.41, 5.74) is 5.47. The number of carbonyl (C=O) groups excluding carboxylic acids is 1. The average molecular weight is 347 g/mol. The summed E-state index contributed by atoms with van der Waals surface area (Å²) in [6.07, 6.45) is 5.72. The number of H-pyrrole nitrogens is 1. The number of rotatable bonds is 4. The Morgan fingerprint density at radius 3 is 2.77 bits per heavy atom. The van der Waals surface area contributed by atoms with Crippen molar-refractivity contribution in [3.05, 3.63) is 59.8 Å². The summed E-state index contributed by atoms with van der Waals surface area (Å²) in [5, 5.41) is 4.86. The SMILES string of the molecule is CN(C)C(=O)c1cccc(-c2ccc3[nH]cc(C[C@H]4CCCN4)c3c2)c1. The molecule has 1 amide bonds. The van der Waals surface area contributed by atoms with Crippen molar-refractivity contribution in [2.75, 3.05) is 20.6 Å². The van der Waals surface area contributed by atoms with Crippen LogP contribution in [0.2, 0.25) is 0 Å². The van der Waals surface area contributed by atoms with Gasteiger partial charge < -0.3 is 15.2 Å². The predicted octanol–water partition coefficient (Wildman–Crippen LogP) is 3.83. The van der Waals surface area contributed by atoms with Crippen molar-refractivity contribution in [2.45, 2.75) is 25.3 Å². The molecule has 0 unspecified atom stereocenters. The van der Waals surface area contributed by atoms with E-state index < -0.39 is 0 Å². The van der Waals surface area contributed by atoms with Crippen LogP contribution in [0.25, 0.3) is 22.0 Å². The molecule has 4 rings (SSSR count). The van der Waals surface area contributed by atoms with Gasteiger partial charge in [-0.2, -0.15) is 0 Å². The number of nitrogens with zero attached hydrogens (tertiary/aromatic N) is 1. The Labute approximate surface area is 154 Å². The van der Waals surface area contributed by atoms with Gasteiger partial charge in [-0.05, 0) is 66.8 Å². The lowest BCUT2D eigenvalue weighted by Gasteiger charge is -2.12.